The fourth-order valence-corrected chi connectivity index (χ4v) is 4.69. The van der Waals surface area contributed by atoms with Crippen molar-refractivity contribution in [3.8, 4) is 17.7 Å². The highest BCUT2D eigenvalue weighted by Crippen LogP contribution is 2.29. The molecule has 0 unspecified atom stereocenters. The summed E-state index contributed by atoms with van der Waals surface area (Å²) in [5.41, 5.74) is 1.92. The van der Waals surface area contributed by atoms with E-state index in [0.29, 0.717) is 22.0 Å². The lowest BCUT2D eigenvalue weighted by Gasteiger charge is -2.12. The van der Waals surface area contributed by atoms with E-state index in [1.807, 2.05) is 6.92 Å². The molecule has 0 bridgehead atoms. The first kappa shape index (κ1) is 24.2. The van der Waals surface area contributed by atoms with E-state index in [1.165, 1.54) is 22.7 Å². The van der Waals surface area contributed by atoms with Crippen LogP contribution in [-0.4, -0.2) is 17.8 Å². The molecule has 0 spiro atoms. The van der Waals surface area contributed by atoms with Crippen molar-refractivity contribution in [2.75, 3.05) is 0 Å². The number of rotatable bonds is 5. The molecule has 7 nitrogen and oxygen atoms in total. The molecule has 4 aromatic rings. The van der Waals surface area contributed by atoms with E-state index in [4.69, 9.17) is 16.3 Å². The van der Waals surface area contributed by atoms with E-state index in [1.54, 1.807) is 62.4 Å². The average Bonchev–Trinajstić information content (AvgIpc) is 2.82. The van der Waals surface area contributed by atoms with Gasteiger partial charge in [0.2, 0.25) is 15.7 Å². The summed E-state index contributed by atoms with van der Waals surface area (Å²) in [6.45, 7) is 5.41. The number of hydrogen-bond donors (Lipinski definition) is 0. The van der Waals surface area contributed by atoms with Gasteiger partial charge in [-0.05, 0) is 74.4 Å². The van der Waals surface area contributed by atoms with Crippen molar-refractivity contribution in [2.24, 2.45) is 0 Å². The zero-order valence-corrected chi connectivity index (χ0v) is 20.7. The summed E-state index contributed by atoms with van der Waals surface area (Å²) in [5, 5.41) is 10.3. The fourth-order valence-electron chi connectivity index (χ4n) is 3.43. The molecule has 0 amide bonds. The number of hydrogen-bond acceptors (Lipinski definition) is 6. The molecule has 0 aliphatic carbocycles. The molecule has 9 heteroatoms. The summed E-state index contributed by atoms with van der Waals surface area (Å²) in [7, 11) is -4.20. The minimum absolute atomic E-state index is 0.0589. The molecule has 176 valence electrons. The molecular formula is C26H20ClN3O4S. The van der Waals surface area contributed by atoms with Crippen LogP contribution in [0.15, 0.2) is 75.4 Å². The number of benzene rings is 2. The largest absolute Gasteiger partial charge is 0.438 e. The number of sulfone groups is 1. The predicted molar refractivity (Wildman–Crippen MR) is 134 cm³/mol. The molecule has 2 aromatic carbocycles. The summed E-state index contributed by atoms with van der Waals surface area (Å²) < 4.78 is 33.6. The summed E-state index contributed by atoms with van der Waals surface area (Å²) >= 11 is 6.11. The van der Waals surface area contributed by atoms with Gasteiger partial charge in [-0.1, -0.05) is 35.4 Å². The van der Waals surface area contributed by atoms with Crippen molar-refractivity contribution in [2.45, 2.75) is 25.7 Å². The topological polar surface area (TPSA) is 102 Å². The first-order chi connectivity index (χ1) is 16.6. The number of nitriles is 1. The van der Waals surface area contributed by atoms with Crippen molar-refractivity contribution in [1.29, 1.82) is 5.26 Å². The third kappa shape index (κ3) is 4.69. The number of aryl methyl sites for hydroxylation is 3. The summed E-state index contributed by atoms with van der Waals surface area (Å²) in [6.07, 6.45) is 2.53. The quantitative estimate of drug-likeness (QED) is 0.336. The number of ether oxygens (including phenoxy) is 1. The Balaban J connectivity index is 1.96. The van der Waals surface area contributed by atoms with Crippen molar-refractivity contribution < 1.29 is 13.2 Å². The van der Waals surface area contributed by atoms with Gasteiger partial charge in [0.1, 0.15) is 27.9 Å². The van der Waals surface area contributed by atoms with Crippen LogP contribution in [0.5, 0.6) is 11.6 Å². The highest BCUT2D eigenvalue weighted by Gasteiger charge is 2.24. The van der Waals surface area contributed by atoms with Gasteiger partial charge < -0.3 is 4.74 Å². The van der Waals surface area contributed by atoms with E-state index < -0.39 is 20.3 Å². The Hall–Kier alpha value is -3.93. The molecule has 0 aliphatic rings. The molecule has 0 N–H and O–H groups in total. The van der Waals surface area contributed by atoms with Crippen LogP contribution in [0.25, 0.3) is 11.7 Å². The van der Waals surface area contributed by atoms with Gasteiger partial charge in [-0.25, -0.2) is 8.42 Å². The smallest absolute Gasteiger partial charge is 0.269 e. The number of pyridine rings is 1. The molecule has 2 aromatic heterocycles. The normalized spacial score (nSPS) is 11.9. The third-order valence-corrected chi connectivity index (χ3v) is 7.50. The number of halogens is 1. The van der Waals surface area contributed by atoms with Gasteiger partial charge in [0, 0.05) is 11.2 Å². The molecule has 35 heavy (non-hydrogen) atoms. The lowest BCUT2D eigenvalue weighted by atomic mass is 10.2. The van der Waals surface area contributed by atoms with Gasteiger partial charge in [0.15, 0.2) is 0 Å². The van der Waals surface area contributed by atoms with Gasteiger partial charge in [0.05, 0.1) is 4.90 Å². The zero-order chi connectivity index (χ0) is 25.3. The first-order valence-electron chi connectivity index (χ1n) is 10.5. The van der Waals surface area contributed by atoms with Crippen LogP contribution in [0.3, 0.4) is 0 Å². The molecule has 0 fully saturated rings. The summed E-state index contributed by atoms with van der Waals surface area (Å²) in [5.74, 6) is 0.226. The van der Waals surface area contributed by atoms with Crippen LogP contribution < -0.4 is 10.3 Å². The zero-order valence-electron chi connectivity index (χ0n) is 19.1. The lowest BCUT2D eigenvalue weighted by molar-refractivity contribution is 0.460. The molecule has 0 saturated carbocycles. The van der Waals surface area contributed by atoms with Gasteiger partial charge in [-0.3, -0.25) is 9.20 Å². The lowest BCUT2D eigenvalue weighted by Crippen LogP contribution is -2.20. The first-order valence-corrected chi connectivity index (χ1v) is 12.4. The van der Waals surface area contributed by atoms with E-state index in [9.17, 15) is 18.5 Å². The van der Waals surface area contributed by atoms with Gasteiger partial charge in [-0.2, -0.15) is 10.2 Å². The van der Waals surface area contributed by atoms with Crippen LogP contribution >= 0.6 is 11.6 Å². The van der Waals surface area contributed by atoms with E-state index >= 15 is 0 Å². The van der Waals surface area contributed by atoms with Crippen molar-refractivity contribution in [3.63, 3.8) is 0 Å². The van der Waals surface area contributed by atoms with Crippen LogP contribution in [0.1, 0.15) is 22.3 Å². The standard InChI is InChI=1S/C26H20ClN3O4S/c1-16-6-9-20(10-7-16)35(32,33)21(15-28)14-22-25(34-19-8-11-23(27)18(3)13-19)29-24-17(2)5-4-12-30(24)26(22)31/h4-14H,1-3H3/b21-14+. The fraction of sp³-hybridized carbons (Fsp3) is 0.115. The molecule has 0 radical (unpaired) electrons. The number of nitrogens with zero attached hydrogens (tertiary/aromatic N) is 3. The van der Waals surface area contributed by atoms with Crippen molar-refractivity contribution in [1.82, 2.24) is 9.38 Å². The Morgan fingerprint density at radius 2 is 1.80 bits per heavy atom. The molecule has 0 aliphatic heterocycles. The maximum Gasteiger partial charge on any atom is 0.269 e. The van der Waals surface area contributed by atoms with Crippen molar-refractivity contribution >= 4 is 33.2 Å². The Bertz CT molecular complexity index is 1700. The maximum absolute atomic E-state index is 13.4. The Labute approximate surface area is 207 Å². The van der Waals surface area contributed by atoms with E-state index in [0.717, 1.165) is 17.2 Å². The van der Waals surface area contributed by atoms with Crippen LogP contribution in [-0.2, 0) is 9.84 Å². The van der Waals surface area contributed by atoms with Gasteiger partial charge >= 0.3 is 0 Å². The Kier molecular flexibility index (Phi) is 6.48. The molecule has 2 heterocycles. The summed E-state index contributed by atoms with van der Waals surface area (Å²) in [4.78, 5) is 17.3. The maximum atomic E-state index is 13.4. The minimum Gasteiger partial charge on any atom is -0.438 e. The Morgan fingerprint density at radius 1 is 1.09 bits per heavy atom. The second kappa shape index (κ2) is 9.37. The molecule has 4 rings (SSSR count). The van der Waals surface area contributed by atoms with E-state index in [-0.39, 0.29) is 16.3 Å². The van der Waals surface area contributed by atoms with Gasteiger partial charge in [0.25, 0.3) is 5.56 Å². The van der Waals surface area contributed by atoms with Crippen LogP contribution in [0.2, 0.25) is 5.02 Å². The summed E-state index contributed by atoms with van der Waals surface area (Å²) in [6, 6.07) is 16.2. The second-order valence-electron chi connectivity index (χ2n) is 7.97. The monoisotopic (exact) mass is 505 g/mol. The van der Waals surface area contributed by atoms with Gasteiger partial charge in [-0.15, -0.1) is 0 Å². The van der Waals surface area contributed by atoms with Crippen LogP contribution in [0.4, 0.5) is 0 Å². The predicted octanol–water partition coefficient (Wildman–Crippen LogP) is 5.40. The third-order valence-electron chi connectivity index (χ3n) is 5.40. The second-order valence-corrected chi connectivity index (χ2v) is 10.3. The Morgan fingerprint density at radius 3 is 2.46 bits per heavy atom. The van der Waals surface area contributed by atoms with E-state index in [2.05, 4.69) is 4.98 Å². The highest BCUT2D eigenvalue weighted by atomic mass is 35.5. The SMILES string of the molecule is Cc1ccc(S(=O)(=O)/C(C#N)=C/c2c(Oc3ccc(Cl)c(C)c3)nc3c(C)cccn3c2=O)cc1. The number of allylic oxidation sites excluding steroid dienone is 1. The highest BCUT2D eigenvalue weighted by molar-refractivity contribution is 7.95. The van der Waals surface area contributed by atoms with Crippen LogP contribution in [0, 0.1) is 32.1 Å². The number of fused-ring (bicyclic) bond motifs is 1. The average molecular weight is 506 g/mol. The molecular weight excluding hydrogens is 486 g/mol. The number of aromatic nitrogens is 2. The molecule has 0 saturated heterocycles. The minimum atomic E-state index is -4.20. The van der Waals surface area contributed by atoms with Crippen molar-refractivity contribution in [3.05, 3.63) is 103 Å². The molecule has 0 atom stereocenters.